The molecule has 0 saturated heterocycles. The van der Waals surface area contributed by atoms with Crippen molar-refractivity contribution in [2.75, 3.05) is 0 Å². The molecule has 0 radical (unpaired) electrons. The number of nitriles is 1. The molecule has 4 rings (SSSR count). The van der Waals surface area contributed by atoms with Crippen molar-refractivity contribution in [1.29, 1.82) is 5.26 Å². The van der Waals surface area contributed by atoms with E-state index in [4.69, 9.17) is 0 Å². The SMILES string of the molecule is N#C/C(=C/c1c[nH]c2ccccc12)c1cccc2ccccc12. The summed E-state index contributed by atoms with van der Waals surface area (Å²) in [6.45, 7) is 0. The topological polar surface area (TPSA) is 39.6 Å². The van der Waals surface area contributed by atoms with E-state index in [2.05, 4.69) is 35.3 Å². The molecule has 0 saturated carbocycles. The van der Waals surface area contributed by atoms with Crippen molar-refractivity contribution in [2.24, 2.45) is 0 Å². The minimum absolute atomic E-state index is 0.673. The highest BCUT2D eigenvalue weighted by Crippen LogP contribution is 2.28. The molecule has 23 heavy (non-hydrogen) atoms. The summed E-state index contributed by atoms with van der Waals surface area (Å²) in [4.78, 5) is 3.25. The Morgan fingerprint density at radius 3 is 2.48 bits per heavy atom. The molecule has 0 fully saturated rings. The molecule has 2 heteroatoms. The summed E-state index contributed by atoms with van der Waals surface area (Å²) in [5, 5.41) is 13.1. The maximum atomic E-state index is 9.68. The van der Waals surface area contributed by atoms with Gasteiger partial charge < -0.3 is 4.98 Å². The number of rotatable bonds is 2. The number of hydrogen-bond donors (Lipinski definition) is 1. The Morgan fingerprint density at radius 1 is 0.870 bits per heavy atom. The van der Waals surface area contributed by atoms with Gasteiger partial charge in [-0.05, 0) is 22.9 Å². The number of aromatic amines is 1. The van der Waals surface area contributed by atoms with Crippen LogP contribution in [0.5, 0.6) is 0 Å². The molecule has 0 aliphatic carbocycles. The summed E-state index contributed by atoms with van der Waals surface area (Å²) in [5.41, 5.74) is 3.75. The number of hydrogen-bond acceptors (Lipinski definition) is 1. The largest absolute Gasteiger partial charge is 0.361 e. The third-order valence-corrected chi connectivity index (χ3v) is 4.12. The van der Waals surface area contributed by atoms with Crippen molar-refractivity contribution in [3.8, 4) is 6.07 Å². The van der Waals surface area contributed by atoms with Crippen LogP contribution in [0.4, 0.5) is 0 Å². The van der Waals surface area contributed by atoms with Crippen LogP contribution in [-0.2, 0) is 0 Å². The molecule has 1 heterocycles. The minimum Gasteiger partial charge on any atom is -0.361 e. The lowest BCUT2D eigenvalue weighted by atomic mass is 9.97. The summed E-state index contributed by atoms with van der Waals surface area (Å²) in [7, 11) is 0. The standard InChI is InChI=1S/C21H14N2/c22-13-16(12-17-14-23-21-11-4-3-9-20(17)21)19-10-5-7-15-6-1-2-8-18(15)19/h1-12,14,23H/b16-12-. The highest BCUT2D eigenvalue weighted by atomic mass is 14.7. The van der Waals surface area contributed by atoms with Crippen LogP contribution in [0.1, 0.15) is 11.1 Å². The zero-order valence-electron chi connectivity index (χ0n) is 12.5. The van der Waals surface area contributed by atoms with Gasteiger partial charge in [0.15, 0.2) is 0 Å². The maximum absolute atomic E-state index is 9.68. The highest BCUT2D eigenvalue weighted by molar-refractivity contribution is 6.04. The van der Waals surface area contributed by atoms with E-state index in [0.717, 1.165) is 32.8 Å². The average molecular weight is 294 g/mol. The minimum atomic E-state index is 0.673. The lowest BCUT2D eigenvalue weighted by molar-refractivity contribution is 1.47. The summed E-state index contributed by atoms with van der Waals surface area (Å²) < 4.78 is 0. The van der Waals surface area contributed by atoms with Gasteiger partial charge in [0.05, 0.1) is 11.6 Å². The van der Waals surface area contributed by atoms with Crippen molar-refractivity contribution in [2.45, 2.75) is 0 Å². The molecular weight excluding hydrogens is 280 g/mol. The monoisotopic (exact) mass is 294 g/mol. The third kappa shape index (κ3) is 2.29. The van der Waals surface area contributed by atoms with E-state index in [-0.39, 0.29) is 0 Å². The molecule has 0 aliphatic heterocycles. The highest BCUT2D eigenvalue weighted by Gasteiger charge is 2.08. The Labute approximate surface area is 134 Å². The first kappa shape index (κ1) is 13.4. The van der Waals surface area contributed by atoms with E-state index in [9.17, 15) is 5.26 Å². The van der Waals surface area contributed by atoms with Gasteiger partial charge in [-0.15, -0.1) is 0 Å². The van der Waals surface area contributed by atoms with E-state index in [1.165, 1.54) is 0 Å². The number of para-hydroxylation sites is 1. The smallest absolute Gasteiger partial charge is 0.0998 e. The number of nitrogens with one attached hydrogen (secondary N) is 1. The molecule has 0 unspecified atom stereocenters. The molecule has 2 nitrogen and oxygen atoms in total. The molecule has 4 aromatic rings. The molecule has 1 N–H and O–H groups in total. The predicted molar refractivity (Wildman–Crippen MR) is 95.7 cm³/mol. The van der Waals surface area contributed by atoms with Gasteiger partial charge in [0.2, 0.25) is 0 Å². The van der Waals surface area contributed by atoms with Gasteiger partial charge in [0.1, 0.15) is 0 Å². The van der Waals surface area contributed by atoms with E-state index < -0.39 is 0 Å². The van der Waals surface area contributed by atoms with E-state index in [0.29, 0.717) is 5.57 Å². The Hall–Kier alpha value is -3.31. The zero-order valence-corrected chi connectivity index (χ0v) is 12.5. The first-order valence-electron chi connectivity index (χ1n) is 7.53. The molecule has 1 aromatic heterocycles. The second-order valence-corrected chi connectivity index (χ2v) is 5.49. The van der Waals surface area contributed by atoms with Crippen molar-refractivity contribution >= 4 is 33.3 Å². The number of aromatic nitrogens is 1. The number of allylic oxidation sites excluding steroid dienone is 1. The molecule has 0 bridgehead atoms. The predicted octanol–water partition coefficient (Wildman–Crippen LogP) is 5.39. The molecule has 3 aromatic carbocycles. The maximum Gasteiger partial charge on any atom is 0.0998 e. The zero-order chi connectivity index (χ0) is 15.6. The second kappa shape index (κ2) is 5.47. The molecule has 0 spiro atoms. The molecule has 0 aliphatic rings. The molecule has 0 amide bonds. The summed E-state index contributed by atoms with van der Waals surface area (Å²) in [6.07, 6.45) is 3.91. The first-order chi connectivity index (χ1) is 11.4. The molecule has 0 atom stereocenters. The lowest BCUT2D eigenvalue weighted by Crippen LogP contribution is -1.85. The fourth-order valence-corrected chi connectivity index (χ4v) is 3.00. The average Bonchev–Trinajstić information content (AvgIpc) is 3.02. The van der Waals surface area contributed by atoms with Crippen LogP contribution in [0, 0.1) is 11.3 Å². The lowest BCUT2D eigenvalue weighted by Gasteiger charge is -2.05. The van der Waals surface area contributed by atoms with Crippen molar-refractivity contribution in [3.05, 3.63) is 84.1 Å². The van der Waals surface area contributed by atoms with Crippen molar-refractivity contribution in [1.82, 2.24) is 4.98 Å². The van der Waals surface area contributed by atoms with Crippen LogP contribution >= 0.6 is 0 Å². The summed E-state index contributed by atoms with van der Waals surface area (Å²) in [5.74, 6) is 0. The number of benzene rings is 3. The van der Waals surface area contributed by atoms with Gasteiger partial charge in [-0.25, -0.2) is 0 Å². The van der Waals surface area contributed by atoms with Crippen molar-refractivity contribution in [3.63, 3.8) is 0 Å². The van der Waals surface area contributed by atoms with Gasteiger partial charge in [-0.1, -0.05) is 60.7 Å². The Balaban J connectivity index is 1.93. The normalized spacial score (nSPS) is 11.7. The molecule has 108 valence electrons. The van der Waals surface area contributed by atoms with Crippen LogP contribution in [0.15, 0.2) is 72.9 Å². The number of fused-ring (bicyclic) bond motifs is 2. The van der Waals surface area contributed by atoms with Gasteiger partial charge in [-0.2, -0.15) is 5.26 Å². The first-order valence-corrected chi connectivity index (χ1v) is 7.53. The van der Waals surface area contributed by atoms with E-state index in [1.54, 1.807) is 0 Å². The van der Waals surface area contributed by atoms with E-state index >= 15 is 0 Å². The Kier molecular flexibility index (Phi) is 3.18. The van der Waals surface area contributed by atoms with Gasteiger partial charge >= 0.3 is 0 Å². The second-order valence-electron chi connectivity index (χ2n) is 5.49. The van der Waals surface area contributed by atoms with Crippen LogP contribution in [0.25, 0.3) is 33.3 Å². The Morgan fingerprint density at radius 2 is 1.61 bits per heavy atom. The molecular formula is C21H14N2. The van der Waals surface area contributed by atoms with Crippen LogP contribution in [0.2, 0.25) is 0 Å². The quantitative estimate of drug-likeness (QED) is 0.495. The summed E-state index contributed by atoms with van der Waals surface area (Å²) >= 11 is 0. The fourth-order valence-electron chi connectivity index (χ4n) is 3.00. The van der Waals surface area contributed by atoms with E-state index in [1.807, 2.05) is 54.7 Å². The van der Waals surface area contributed by atoms with Crippen molar-refractivity contribution < 1.29 is 0 Å². The van der Waals surface area contributed by atoms with Gasteiger partial charge in [-0.3, -0.25) is 0 Å². The van der Waals surface area contributed by atoms with Gasteiger partial charge in [0, 0.05) is 28.2 Å². The third-order valence-electron chi connectivity index (χ3n) is 4.12. The van der Waals surface area contributed by atoms with Gasteiger partial charge in [0.25, 0.3) is 0 Å². The number of nitrogens with zero attached hydrogens (tertiary/aromatic N) is 1. The van der Waals surface area contributed by atoms with Crippen LogP contribution in [0.3, 0.4) is 0 Å². The van der Waals surface area contributed by atoms with Crippen LogP contribution in [-0.4, -0.2) is 4.98 Å². The fraction of sp³-hybridized carbons (Fsp3) is 0. The number of H-pyrrole nitrogens is 1. The summed E-state index contributed by atoms with van der Waals surface area (Å²) in [6, 6.07) is 24.7. The Bertz CT molecular complexity index is 1070. The van der Waals surface area contributed by atoms with Crippen LogP contribution < -0.4 is 0 Å².